The predicted molar refractivity (Wildman–Crippen MR) is 147 cm³/mol. The van der Waals surface area contributed by atoms with Gasteiger partial charge in [-0.1, -0.05) is 17.7 Å². The molecule has 204 valence electrons. The van der Waals surface area contributed by atoms with E-state index in [1.54, 1.807) is 56.7 Å². The summed E-state index contributed by atoms with van der Waals surface area (Å²) >= 11 is 6.61. The van der Waals surface area contributed by atoms with Gasteiger partial charge < -0.3 is 4.57 Å². The first-order valence-corrected chi connectivity index (χ1v) is 13.0. The molecule has 0 bridgehead atoms. The Balaban J connectivity index is 1.41. The second kappa shape index (κ2) is 9.48. The van der Waals surface area contributed by atoms with Gasteiger partial charge in [0.1, 0.15) is 16.5 Å². The van der Waals surface area contributed by atoms with E-state index in [-0.39, 0.29) is 39.5 Å². The molecular formula is C29H26ClF2N7O. The molecule has 40 heavy (non-hydrogen) atoms. The number of rotatable bonds is 5. The summed E-state index contributed by atoms with van der Waals surface area (Å²) < 4.78 is 57.4. The number of halogens is 3. The van der Waals surface area contributed by atoms with Gasteiger partial charge in [-0.2, -0.15) is 15.0 Å². The number of pyridine rings is 2. The number of nitrogens with zero attached hydrogens (tertiary/aromatic N) is 7. The zero-order valence-corrected chi connectivity index (χ0v) is 22.8. The van der Waals surface area contributed by atoms with Crippen LogP contribution in [-0.2, 0) is 6.98 Å². The molecule has 1 aliphatic rings. The molecule has 0 radical (unpaired) electrons. The molecule has 0 amide bonds. The molecular weight excluding hydrogens is 536 g/mol. The van der Waals surface area contributed by atoms with Gasteiger partial charge in [0.15, 0.2) is 11.6 Å². The molecule has 2 atom stereocenters. The molecule has 0 aliphatic heterocycles. The van der Waals surface area contributed by atoms with E-state index in [0.717, 1.165) is 0 Å². The van der Waals surface area contributed by atoms with E-state index in [9.17, 15) is 4.79 Å². The van der Waals surface area contributed by atoms with Gasteiger partial charge in [-0.3, -0.25) is 14.3 Å². The maximum absolute atomic E-state index is 16.3. The Morgan fingerprint density at radius 3 is 2.60 bits per heavy atom. The van der Waals surface area contributed by atoms with Crippen molar-refractivity contribution in [3.63, 3.8) is 0 Å². The van der Waals surface area contributed by atoms with Crippen molar-refractivity contribution >= 4 is 11.6 Å². The standard InChI is InChI=1S/C29H26ClF2N7O/c1-14-11-33-27(18-7-6-8-23(25(18)31)38-13-15(2)35-17(38)4)26(32)28(14)39-16(3)9-21(24(30)29(39)40)19-10-20(19)22-12-34-37(5)36-22/h6-9,11-13,19-20H,10H2,1-5H3/t19-,20-/m0/s1/i5D3. The van der Waals surface area contributed by atoms with E-state index in [1.165, 1.54) is 23.0 Å². The van der Waals surface area contributed by atoms with Crippen LogP contribution in [0.3, 0.4) is 0 Å². The van der Waals surface area contributed by atoms with E-state index in [1.807, 2.05) is 0 Å². The minimum atomic E-state index is -2.50. The number of aromatic nitrogens is 7. The zero-order valence-electron chi connectivity index (χ0n) is 25.1. The van der Waals surface area contributed by atoms with Crippen molar-refractivity contribution in [2.75, 3.05) is 0 Å². The number of benzene rings is 1. The van der Waals surface area contributed by atoms with E-state index in [4.69, 9.17) is 15.7 Å². The summed E-state index contributed by atoms with van der Waals surface area (Å²) in [5.74, 6) is -1.32. The molecule has 0 spiro atoms. The van der Waals surface area contributed by atoms with Gasteiger partial charge in [-0.15, -0.1) is 0 Å². The second-order valence-electron chi connectivity index (χ2n) is 10.1. The lowest BCUT2D eigenvalue weighted by Gasteiger charge is -2.18. The van der Waals surface area contributed by atoms with Gasteiger partial charge in [0.25, 0.3) is 5.56 Å². The van der Waals surface area contributed by atoms with Gasteiger partial charge >= 0.3 is 0 Å². The van der Waals surface area contributed by atoms with Crippen LogP contribution < -0.4 is 5.56 Å². The first kappa shape index (κ1) is 22.6. The third-order valence-electron chi connectivity index (χ3n) is 7.34. The van der Waals surface area contributed by atoms with Crippen LogP contribution in [0.2, 0.25) is 5.02 Å². The van der Waals surface area contributed by atoms with Crippen molar-refractivity contribution in [3.8, 4) is 22.6 Å². The van der Waals surface area contributed by atoms with Gasteiger partial charge in [-0.05, 0) is 69.4 Å². The Hall–Kier alpha value is -4.18. The zero-order chi connectivity index (χ0) is 31.0. The number of imidazole rings is 1. The van der Waals surface area contributed by atoms with Crippen molar-refractivity contribution in [1.82, 2.24) is 34.1 Å². The topological polar surface area (TPSA) is 83.4 Å². The molecule has 4 aromatic heterocycles. The van der Waals surface area contributed by atoms with Gasteiger partial charge in [0.05, 0.1) is 29.0 Å². The van der Waals surface area contributed by atoms with Crippen LogP contribution >= 0.6 is 11.6 Å². The molecule has 0 unspecified atom stereocenters. The van der Waals surface area contributed by atoms with E-state index in [0.29, 0.717) is 45.3 Å². The Bertz CT molecular complexity index is 1980. The highest BCUT2D eigenvalue weighted by Crippen LogP contribution is 2.55. The second-order valence-corrected chi connectivity index (χ2v) is 10.5. The van der Waals surface area contributed by atoms with Crippen LogP contribution in [0.25, 0.3) is 22.6 Å². The molecule has 4 heterocycles. The third kappa shape index (κ3) is 4.14. The third-order valence-corrected chi connectivity index (χ3v) is 7.72. The molecule has 1 aliphatic carbocycles. The fraction of sp³-hybridized carbons (Fsp3) is 0.276. The van der Waals surface area contributed by atoms with Crippen molar-refractivity contribution < 1.29 is 12.9 Å². The lowest BCUT2D eigenvalue weighted by atomic mass is 10.0. The molecule has 8 nitrogen and oxygen atoms in total. The number of hydrogen-bond acceptors (Lipinski definition) is 5. The summed E-state index contributed by atoms with van der Waals surface area (Å²) in [6.45, 7) is 4.31. The van der Waals surface area contributed by atoms with Crippen LogP contribution in [0.15, 0.2) is 47.7 Å². The summed E-state index contributed by atoms with van der Waals surface area (Å²) in [5, 5.41) is 7.84. The Morgan fingerprint density at radius 2 is 1.90 bits per heavy atom. The normalized spacial score (nSPS) is 17.9. The first-order valence-electron chi connectivity index (χ1n) is 14.1. The maximum Gasteiger partial charge on any atom is 0.274 e. The monoisotopic (exact) mass is 564 g/mol. The highest BCUT2D eigenvalue weighted by atomic mass is 35.5. The smallest absolute Gasteiger partial charge is 0.274 e. The van der Waals surface area contributed by atoms with Crippen molar-refractivity contribution in [2.24, 2.45) is 6.98 Å². The molecule has 5 aromatic rings. The molecule has 1 saturated carbocycles. The van der Waals surface area contributed by atoms with Gasteiger partial charge in [0, 0.05) is 40.7 Å². The van der Waals surface area contributed by atoms with Crippen LogP contribution in [0.1, 0.15) is 56.4 Å². The van der Waals surface area contributed by atoms with Gasteiger partial charge in [-0.25, -0.2) is 13.8 Å². The lowest BCUT2D eigenvalue weighted by molar-refractivity contribution is 0.598. The lowest BCUT2D eigenvalue weighted by Crippen LogP contribution is -2.24. The van der Waals surface area contributed by atoms with E-state index in [2.05, 4.69) is 20.2 Å². The Morgan fingerprint density at radius 1 is 1.10 bits per heavy atom. The highest BCUT2D eigenvalue weighted by molar-refractivity contribution is 6.31. The van der Waals surface area contributed by atoms with Crippen LogP contribution in [-0.4, -0.2) is 34.1 Å². The first-order chi connectivity index (χ1) is 20.3. The summed E-state index contributed by atoms with van der Waals surface area (Å²) in [7, 11) is 0. The maximum atomic E-state index is 16.3. The predicted octanol–water partition coefficient (Wildman–Crippen LogP) is 5.65. The van der Waals surface area contributed by atoms with Gasteiger partial charge in [0.2, 0.25) is 0 Å². The highest BCUT2D eigenvalue weighted by Gasteiger charge is 2.43. The Kier molecular flexibility index (Phi) is 5.36. The van der Waals surface area contributed by atoms with Crippen LogP contribution in [0.4, 0.5) is 8.78 Å². The number of hydrogen-bond donors (Lipinski definition) is 0. The fourth-order valence-corrected chi connectivity index (χ4v) is 5.65. The average Bonchev–Trinajstić information content (AvgIpc) is 3.40. The van der Waals surface area contributed by atoms with E-state index < -0.39 is 24.2 Å². The van der Waals surface area contributed by atoms with Crippen molar-refractivity contribution in [2.45, 2.75) is 46.0 Å². The largest absolute Gasteiger partial charge is 0.301 e. The fourth-order valence-electron chi connectivity index (χ4n) is 5.37. The summed E-state index contributed by atoms with van der Waals surface area (Å²) in [5.41, 5.74) is 1.70. The minimum absolute atomic E-state index is 0.0682. The minimum Gasteiger partial charge on any atom is -0.301 e. The van der Waals surface area contributed by atoms with Crippen LogP contribution in [0.5, 0.6) is 0 Å². The Labute approximate surface area is 238 Å². The van der Waals surface area contributed by atoms with E-state index >= 15 is 8.78 Å². The summed E-state index contributed by atoms with van der Waals surface area (Å²) in [4.78, 5) is 22.9. The summed E-state index contributed by atoms with van der Waals surface area (Å²) in [6.07, 6.45) is 5.08. The molecule has 0 saturated heterocycles. The average molecular weight is 565 g/mol. The molecule has 0 N–H and O–H groups in total. The van der Waals surface area contributed by atoms with Crippen molar-refractivity contribution in [3.05, 3.63) is 104 Å². The quantitative estimate of drug-likeness (QED) is 0.275. The molecule has 6 rings (SSSR count). The SMILES string of the molecule is [2H]C([2H])([2H])n1ncc([C@H]2C[C@@H]2c2cc(C)n(-c3c(C)cnc(-c4cccc(-n5cc(C)nc5C)c4F)c3F)c(=O)c2Cl)n1. The molecule has 1 fully saturated rings. The number of aryl methyl sites for hydroxylation is 5. The molecule has 11 heteroatoms. The van der Waals surface area contributed by atoms with Crippen molar-refractivity contribution in [1.29, 1.82) is 0 Å². The van der Waals surface area contributed by atoms with Crippen LogP contribution in [0, 0.1) is 39.3 Å². The summed E-state index contributed by atoms with van der Waals surface area (Å²) in [6, 6.07) is 6.33. The molecule has 1 aromatic carbocycles.